The number of nitrogens with one attached hydrogen (secondary N) is 4. The van der Waals surface area contributed by atoms with Gasteiger partial charge >= 0.3 is 12.1 Å². The molecule has 0 bridgehead atoms. The van der Waals surface area contributed by atoms with Crippen molar-refractivity contribution < 1.29 is 27.9 Å². The molecule has 0 aliphatic rings. The summed E-state index contributed by atoms with van der Waals surface area (Å²) in [5, 5.41) is 18.6. The molecule has 1 atom stereocenters. The van der Waals surface area contributed by atoms with Gasteiger partial charge in [0.05, 0.1) is 28.7 Å². The van der Waals surface area contributed by atoms with Gasteiger partial charge in [0.2, 0.25) is 0 Å². The third-order valence-electron chi connectivity index (χ3n) is 6.21. The molecule has 0 radical (unpaired) electrons. The molecule has 13 heteroatoms. The number of nitrogens with zero attached hydrogens (tertiary/aromatic N) is 1. The molecule has 12 nitrogen and oxygen atoms in total. The van der Waals surface area contributed by atoms with Crippen LogP contribution in [0.5, 0.6) is 0 Å². The number of carboxylic acids is 1. The third kappa shape index (κ3) is 7.47. The number of fused-ring (bicyclic) bond motifs is 1. The molecular formula is C28H29N5O7S. The lowest BCUT2D eigenvalue weighted by Gasteiger charge is -2.17. The molecule has 0 aliphatic heterocycles. The third-order valence-corrected chi connectivity index (χ3v) is 7.41. The summed E-state index contributed by atoms with van der Waals surface area (Å²) in [7, 11) is -1.73. The van der Waals surface area contributed by atoms with Crippen molar-refractivity contribution in [1.29, 1.82) is 0 Å². The maximum absolute atomic E-state index is 12.3. The summed E-state index contributed by atoms with van der Waals surface area (Å²) in [5.41, 5.74) is 2.86. The molecule has 214 valence electrons. The zero-order chi connectivity index (χ0) is 29.6. The van der Waals surface area contributed by atoms with Gasteiger partial charge in [0.25, 0.3) is 5.56 Å². The Labute approximate surface area is 235 Å². The smallest absolute Gasteiger partial charge is 0.411 e. The Kier molecular flexibility index (Phi) is 9.00. The van der Waals surface area contributed by atoms with E-state index in [1.54, 1.807) is 55.6 Å². The second kappa shape index (κ2) is 12.6. The summed E-state index contributed by atoms with van der Waals surface area (Å²) in [6.07, 6.45) is 2.12. The van der Waals surface area contributed by atoms with E-state index in [-0.39, 0.29) is 17.1 Å². The normalized spacial score (nSPS) is 12.0. The highest BCUT2D eigenvalue weighted by Crippen LogP contribution is 2.23. The average Bonchev–Trinajstić information content (AvgIpc) is 2.92. The van der Waals surface area contributed by atoms with Crippen LogP contribution in [0.3, 0.4) is 0 Å². The first-order valence-corrected chi connectivity index (χ1v) is 14.4. The van der Waals surface area contributed by atoms with Crippen molar-refractivity contribution in [2.24, 2.45) is 0 Å². The number of rotatable bonds is 11. The SMILES string of the molecule is CNCc1cc(NC(=O)OCCc2ccc(C(Nc3ccc4nc[nH]c(=O)c4c3)C(=O)O)cc2)ccc1S(C)(=O)=O. The molecule has 0 fully saturated rings. The predicted molar refractivity (Wildman–Crippen MR) is 154 cm³/mol. The Bertz CT molecular complexity index is 1740. The van der Waals surface area contributed by atoms with Crippen LogP contribution in [0, 0.1) is 0 Å². The highest BCUT2D eigenvalue weighted by atomic mass is 32.2. The summed E-state index contributed by atoms with van der Waals surface area (Å²) in [6, 6.07) is 15.1. The minimum Gasteiger partial charge on any atom is -0.479 e. The Morgan fingerprint density at radius 2 is 1.78 bits per heavy atom. The predicted octanol–water partition coefficient (Wildman–Crippen LogP) is 3.08. The highest BCUT2D eigenvalue weighted by molar-refractivity contribution is 7.90. The van der Waals surface area contributed by atoms with Crippen molar-refractivity contribution in [1.82, 2.24) is 15.3 Å². The molecule has 4 aromatic rings. The van der Waals surface area contributed by atoms with Crippen LogP contribution < -0.4 is 21.5 Å². The van der Waals surface area contributed by atoms with Gasteiger partial charge in [-0.3, -0.25) is 10.1 Å². The molecule has 41 heavy (non-hydrogen) atoms. The first-order chi connectivity index (χ1) is 19.5. The van der Waals surface area contributed by atoms with Crippen molar-refractivity contribution in [2.75, 3.05) is 30.5 Å². The molecule has 1 amide bonds. The lowest BCUT2D eigenvalue weighted by atomic mass is 10.0. The number of anilines is 2. The topological polar surface area (TPSA) is 180 Å². The number of aromatic nitrogens is 2. The molecule has 1 unspecified atom stereocenters. The van der Waals surface area contributed by atoms with Crippen molar-refractivity contribution >= 4 is 44.2 Å². The van der Waals surface area contributed by atoms with Crippen LogP contribution in [0.4, 0.5) is 16.2 Å². The van der Waals surface area contributed by atoms with Gasteiger partial charge in [-0.15, -0.1) is 0 Å². The van der Waals surface area contributed by atoms with Gasteiger partial charge in [-0.1, -0.05) is 24.3 Å². The maximum atomic E-state index is 12.3. The van der Waals surface area contributed by atoms with E-state index < -0.39 is 27.9 Å². The molecule has 1 heterocycles. The summed E-state index contributed by atoms with van der Waals surface area (Å²) >= 11 is 0. The van der Waals surface area contributed by atoms with E-state index >= 15 is 0 Å². The van der Waals surface area contributed by atoms with Gasteiger partial charge in [0, 0.05) is 30.6 Å². The zero-order valence-electron chi connectivity index (χ0n) is 22.3. The lowest BCUT2D eigenvalue weighted by Crippen LogP contribution is -2.20. The molecule has 0 spiro atoms. The zero-order valence-corrected chi connectivity index (χ0v) is 23.1. The van der Waals surface area contributed by atoms with Crippen LogP contribution >= 0.6 is 0 Å². The quantitative estimate of drug-likeness (QED) is 0.177. The fourth-order valence-corrected chi connectivity index (χ4v) is 5.18. The van der Waals surface area contributed by atoms with Gasteiger partial charge in [-0.05, 0) is 60.1 Å². The van der Waals surface area contributed by atoms with Crippen LogP contribution in [0.25, 0.3) is 10.9 Å². The number of sulfone groups is 1. The number of hydrogen-bond donors (Lipinski definition) is 5. The van der Waals surface area contributed by atoms with Crippen LogP contribution in [0.1, 0.15) is 22.7 Å². The minimum absolute atomic E-state index is 0.0657. The Morgan fingerprint density at radius 3 is 2.46 bits per heavy atom. The van der Waals surface area contributed by atoms with Crippen molar-refractivity contribution in [3.8, 4) is 0 Å². The van der Waals surface area contributed by atoms with Crippen molar-refractivity contribution in [3.63, 3.8) is 0 Å². The van der Waals surface area contributed by atoms with Crippen molar-refractivity contribution in [2.45, 2.75) is 23.9 Å². The number of carbonyl (C=O) groups excluding carboxylic acids is 1. The molecule has 5 N–H and O–H groups in total. The number of ether oxygens (including phenoxy) is 1. The molecule has 1 aromatic heterocycles. The average molecular weight is 580 g/mol. The monoisotopic (exact) mass is 579 g/mol. The summed E-state index contributed by atoms with van der Waals surface area (Å²) in [5.74, 6) is -1.10. The molecule has 0 saturated heterocycles. The van der Waals surface area contributed by atoms with Crippen LogP contribution in [-0.4, -0.2) is 55.5 Å². The lowest BCUT2D eigenvalue weighted by molar-refractivity contribution is -0.138. The number of carboxylic acid groups (broad SMARTS) is 1. The molecular weight excluding hydrogens is 550 g/mol. The summed E-state index contributed by atoms with van der Waals surface area (Å²) in [4.78, 5) is 43.1. The van der Waals surface area contributed by atoms with Crippen molar-refractivity contribution in [3.05, 3.63) is 94.0 Å². The number of amides is 1. The summed E-state index contributed by atoms with van der Waals surface area (Å²) < 4.78 is 29.2. The fourth-order valence-electron chi connectivity index (χ4n) is 4.25. The number of aromatic amines is 1. The van der Waals surface area contributed by atoms with Crippen LogP contribution in [-0.2, 0) is 32.3 Å². The number of H-pyrrole nitrogens is 1. The number of carbonyl (C=O) groups is 2. The molecule has 4 rings (SSSR count). The van der Waals surface area contributed by atoms with Crippen LogP contribution in [0.15, 0.2) is 76.7 Å². The van der Waals surface area contributed by atoms with E-state index in [1.165, 1.54) is 18.5 Å². The standard InChI is InChI=1S/C28H29N5O7S/c1-29-15-19-13-20(8-10-24(19)41(2,38)39)33-28(37)40-12-11-17-3-5-18(6-4-17)25(27(35)36)32-21-7-9-23-22(14-21)26(34)31-16-30-23/h3-10,13-14,16,25,29,32H,11-12,15H2,1-2H3,(H,33,37)(H,35,36)(H,30,31,34). The largest absolute Gasteiger partial charge is 0.479 e. The van der Waals surface area contributed by atoms with E-state index in [9.17, 15) is 27.9 Å². The fraction of sp³-hybridized carbons (Fsp3) is 0.214. The molecule has 0 saturated carbocycles. The van der Waals surface area contributed by atoms with Gasteiger partial charge in [-0.25, -0.2) is 23.0 Å². The first kappa shape index (κ1) is 29.2. The van der Waals surface area contributed by atoms with Gasteiger partial charge < -0.3 is 25.5 Å². The summed E-state index contributed by atoms with van der Waals surface area (Å²) in [6.45, 7) is 0.372. The number of aliphatic carboxylic acids is 1. The minimum atomic E-state index is -3.42. The van der Waals surface area contributed by atoms with E-state index in [4.69, 9.17) is 4.74 Å². The first-order valence-electron chi connectivity index (χ1n) is 12.5. The van der Waals surface area contributed by atoms with E-state index in [2.05, 4.69) is 25.9 Å². The molecule has 0 aliphatic carbocycles. The second-order valence-corrected chi connectivity index (χ2v) is 11.2. The van der Waals surface area contributed by atoms with Gasteiger partial charge in [0.1, 0.15) is 0 Å². The van der Waals surface area contributed by atoms with E-state index in [0.717, 1.165) is 11.8 Å². The van der Waals surface area contributed by atoms with E-state index in [0.29, 0.717) is 46.4 Å². The van der Waals surface area contributed by atoms with E-state index in [1.807, 2.05) is 0 Å². The van der Waals surface area contributed by atoms with Crippen LogP contribution in [0.2, 0.25) is 0 Å². The Balaban J connectivity index is 1.34. The highest BCUT2D eigenvalue weighted by Gasteiger charge is 2.20. The molecule has 3 aromatic carbocycles. The second-order valence-electron chi connectivity index (χ2n) is 9.26. The Hall–Kier alpha value is -4.75. The Morgan fingerprint density at radius 1 is 1.05 bits per heavy atom. The van der Waals surface area contributed by atoms with Gasteiger partial charge in [0.15, 0.2) is 15.9 Å². The number of hydrogen-bond acceptors (Lipinski definition) is 9. The number of benzene rings is 3. The van der Waals surface area contributed by atoms with Gasteiger partial charge in [-0.2, -0.15) is 0 Å². The maximum Gasteiger partial charge on any atom is 0.411 e.